The molecule has 0 spiro atoms. The molecule has 72 valence electrons. The van der Waals surface area contributed by atoms with Gasteiger partial charge in [0.1, 0.15) is 0 Å². The minimum absolute atomic E-state index is 0.0918. The maximum Gasteiger partial charge on any atom is 0.309 e. The standard InChI is InChI=1S/C11H16O2/c1-2-13-11(12)10-8-6-3-4-7(5-6)9(8)10/h6-10H,2-5H2,1H3/t6-,7-,8+,9+/m0/s1. The number of rotatable bonds is 2. The second kappa shape index (κ2) is 2.49. The first-order valence-corrected chi connectivity index (χ1v) is 5.49. The van der Waals surface area contributed by atoms with Crippen LogP contribution in [-0.4, -0.2) is 12.6 Å². The highest BCUT2D eigenvalue weighted by Gasteiger charge is 2.68. The van der Waals surface area contributed by atoms with Crippen molar-refractivity contribution in [3.05, 3.63) is 0 Å². The number of carbonyl (C=O) groups is 1. The third-order valence-corrected chi connectivity index (χ3v) is 4.29. The topological polar surface area (TPSA) is 26.3 Å². The zero-order valence-corrected chi connectivity index (χ0v) is 8.03. The number of fused-ring (bicyclic) bond motifs is 5. The summed E-state index contributed by atoms with van der Waals surface area (Å²) in [6, 6.07) is 0. The average Bonchev–Trinajstić information content (AvgIpc) is 2.57. The van der Waals surface area contributed by atoms with E-state index in [1.54, 1.807) is 0 Å². The molecule has 2 nitrogen and oxygen atoms in total. The highest BCUT2D eigenvalue weighted by Crippen LogP contribution is 2.69. The lowest BCUT2D eigenvalue weighted by molar-refractivity contribution is -0.145. The third kappa shape index (κ3) is 0.918. The highest BCUT2D eigenvalue weighted by molar-refractivity contribution is 5.77. The molecule has 3 saturated carbocycles. The molecule has 0 aromatic carbocycles. The van der Waals surface area contributed by atoms with Gasteiger partial charge < -0.3 is 4.74 Å². The first-order valence-electron chi connectivity index (χ1n) is 5.49. The van der Waals surface area contributed by atoms with Crippen LogP contribution < -0.4 is 0 Å². The molecule has 3 rings (SSSR count). The molecular weight excluding hydrogens is 164 g/mol. The second-order valence-corrected chi connectivity index (χ2v) is 4.77. The Kier molecular flexibility index (Phi) is 1.50. The van der Waals surface area contributed by atoms with E-state index in [1.807, 2.05) is 6.92 Å². The first kappa shape index (κ1) is 7.84. The molecule has 3 aliphatic rings. The Hall–Kier alpha value is -0.530. The molecule has 2 bridgehead atoms. The second-order valence-electron chi connectivity index (χ2n) is 4.77. The van der Waals surface area contributed by atoms with Crippen LogP contribution in [0.3, 0.4) is 0 Å². The van der Waals surface area contributed by atoms with Gasteiger partial charge in [-0.05, 0) is 49.9 Å². The van der Waals surface area contributed by atoms with Gasteiger partial charge in [-0.3, -0.25) is 4.79 Å². The molecule has 3 aliphatic carbocycles. The van der Waals surface area contributed by atoms with E-state index in [4.69, 9.17) is 4.74 Å². The largest absolute Gasteiger partial charge is 0.466 e. The summed E-state index contributed by atoms with van der Waals surface area (Å²) in [6.07, 6.45) is 4.16. The van der Waals surface area contributed by atoms with Gasteiger partial charge in [0.2, 0.25) is 0 Å². The molecule has 0 amide bonds. The number of carbonyl (C=O) groups excluding carboxylic acids is 1. The van der Waals surface area contributed by atoms with E-state index in [9.17, 15) is 4.79 Å². The predicted molar refractivity (Wildman–Crippen MR) is 47.9 cm³/mol. The Bertz CT molecular complexity index is 232. The summed E-state index contributed by atoms with van der Waals surface area (Å²) in [4.78, 5) is 11.5. The zero-order valence-electron chi connectivity index (χ0n) is 8.03. The number of esters is 1. The van der Waals surface area contributed by atoms with Crippen LogP contribution in [0.25, 0.3) is 0 Å². The normalized spacial score (nSPS) is 50.4. The zero-order chi connectivity index (χ0) is 9.00. The van der Waals surface area contributed by atoms with Crippen LogP contribution in [0, 0.1) is 29.6 Å². The molecule has 0 aromatic rings. The lowest BCUT2D eigenvalue weighted by Gasteiger charge is -2.07. The molecule has 2 heteroatoms. The van der Waals surface area contributed by atoms with Gasteiger partial charge in [-0.1, -0.05) is 0 Å². The van der Waals surface area contributed by atoms with Gasteiger partial charge in [0.15, 0.2) is 0 Å². The van der Waals surface area contributed by atoms with E-state index in [0.717, 1.165) is 23.7 Å². The smallest absolute Gasteiger partial charge is 0.309 e. The van der Waals surface area contributed by atoms with Crippen LogP contribution in [0.15, 0.2) is 0 Å². The van der Waals surface area contributed by atoms with E-state index >= 15 is 0 Å². The molecular formula is C11H16O2. The molecule has 0 unspecified atom stereocenters. The van der Waals surface area contributed by atoms with Gasteiger partial charge in [-0.15, -0.1) is 0 Å². The van der Waals surface area contributed by atoms with Gasteiger partial charge in [-0.25, -0.2) is 0 Å². The first-order chi connectivity index (χ1) is 6.33. The van der Waals surface area contributed by atoms with Crippen molar-refractivity contribution in [2.75, 3.05) is 6.61 Å². The molecule has 0 saturated heterocycles. The number of hydrogen-bond donors (Lipinski definition) is 0. The molecule has 0 N–H and O–H groups in total. The Labute approximate surface area is 78.6 Å². The van der Waals surface area contributed by atoms with Crippen LogP contribution in [0.1, 0.15) is 26.2 Å². The van der Waals surface area contributed by atoms with Crippen LogP contribution in [0.2, 0.25) is 0 Å². The van der Waals surface area contributed by atoms with Gasteiger partial charge in [-0.2, -0.15) is 0 Å². The lowest BCUT2D eigenvalue weighted by Crippen LogP contribution is -2.12. The van der Waals surface area contributed by atoms with Crippen LogP contribution in [-0.2, 0) is 9.53 Å². The van der Waals surface area contributed by atoms with Crippen molar-refractivity contribution >= 4 is 5.97 Å². The monoisotopic (exact) mass is 180 g/mol. The quantitative estimate of drug-likeness (QED) is 0.606. The van der Waals surface area contributed by atoms with Gasteiger partial charge in [0.05, 0.1) is 12.5 Å². The average molecular weight is 180 g/mol. The SMILES string of the molecule is CCOC(=O)C1[C@@H]2[C@H]3CC[C@@H](C3)[C@@H]12. The van der Waals surface area contributed by atoms with Crippen LogP contribution in [0.4, 0.5) is 0 Å². The molecule has 0 aliphatic heterocycles. The summed E-state index contributed by atoms with van der Waals surface area (Å²) in [5.41, 5.74) is 0. The molecule has 0 heterocycles. The van der Waals surface area contributed by atoms with E-state index < -0.39 is 0 Å². The summed E-state index contributed by atoms with van der Waals surface area (Å²) in [7, 11) is 0. The fourth-order valence-electron chi connectivity index (χ4n) is 3.88. The highest BCUT2D eigenvalue weighted by atomic mass is 16.5. The molecule has 4 atom stereocenters. The summed E-state index contributed by atoms with van der Waals surface area (Å²) >= 11 is 0. The van der Waals surface area contributed by atoms with Gasteiger partial charge >= 0.3 is 5.97 Å². The predicted octanol–water partition coefficient (Wildman–Crippen LogP) is 1.84. The van der Waals surface area contributed by atoms with Crippen molar-refractivity contribution < 1.29 is 9.53 Å². The number of hydrogen-bond acceptors (Lipinski definition) is 2. The van der Waals surface area contributed by atoms with E-state index in [1.165, 1.54) is 19.3 Å². The van der Waals surface area contributed by atoms with Gasteiger partial charge in [0, 0.05) is 0 Å². The van der Waals surface area contributed by atoms with Crippen molar-refractivity contribution in [3.8, 4) is 0 Å². The van der Waals surface area contributed by atoms with Crippen LogP contribution in [0.5, 0.6) is 0 Å². The van der Waals surface area contributed by atoms with Crippen molar-refractivity contribution in [2.45, 2.75) is 26.2 Å². The summed E-state index contributed by atoms with van der Waals surface area (Å²) in [5.74, 6) is 3.63. The molecule has 0 radical (unpaired) electrons. The maximum absolute atomic E-state index is 11.5. The van der Waals surface area contributed by atoms with E-state index in [0.29, 0.717) is 12.5 Å². The summed E-state index contributed by atoms with van der Waals surface area (Å²) in [5, 5.41) is 0. The van der Waals surface area contributed by atoms with E-state index in [-0.39, 0.29) is 5.97 Å². The Morgan fingerprint density at radius 3 is 2.46 bits per heavy atom. The molecule has 13 heavy (non-hydrogen) atoms. The van der Waals surface area contributed by atoms with Crippen molar-refractivity contribution in [1.29, 1.82) is 0 Å². The van der Waals surface area contributed by atoms with Gasteiger partial charge in [0.25, 0.3) is 0 Å². The van der Waals surface area contributed by atoms with Crippen molar-refractivity contribution in [2.24, 2.45) is 29.6 Å². The number of ether oxygens (including phenoxy) is 1. The van der Waals surface area contributed by atoms with E-state index in [2.05, 4.69) is 0 Å². The van der Waals surface area contributed by atoms with Crippen molar-refractivity contribution in [3.63, 3.8) is 0 Å². The Morgan fingerprint density at radius 2 is 1.92 bits per heavy atom. The minimum atomic E-state index is 0.0918. The summed E-state index contributed by atoms with van der Waals surface area (Å²) < 4.78 is 5.09. The minimum Gasteiger partial charge on any atom is -0.466 e. The molecule has 0 aromatic heterocycles. The third-order valence-electron chi connectivity index (χ3n) is 4.29. The lowest BCUT2D eigenvalue weighted by atomic mass is 10.0. The van der Waals surface area contributed by atoms with Crippen LogP contribution >= 0.6 is 0 Å². The van der Waals surface area contributed by atoms with Crippen molar-refractivity contribution in [1.82, 2.24) is 0 Å². The fourth-order valence-corrected chi connectivity index (χ4v) is 3.88. The molecule has 3 fully saturated rings. The summed E-state index contributed by atoms with van der Waals surface area (Å²) in [6.45, 7) is 2.44. The Morgan fingerprint density at radius 1 is 1.31 bits per heavy atom. The maximum atomic E-state index is 11.5. The fraction of sp³-hybridized carbons (Fsp3) is 0.909. The Balaban J connectivity index is 1.69.